The number of aliphatic hydroxyl groups is 5. The van der Waals surface area contributed by atoms with Gasteiger partial charge in [0.1, 0.15) is 36.3 Å². The van der Waals surface area contributed by atoms with E-state index < -0.39 is 114 Å². The standard InChI is InChI=1S/C55H92N4O16/c1-15-42-55(10,66)47(62)35(4)44(56-70-29-17-16-22-58-23-25-59(26-24-58)27-28-60)33(2)31-54(9,69-14)49(36(5)46(37(6)51(65)73-42)74-43-32-53(8,68-13)48(63)38(7)72-43)75-52-45(61)41(30-34(3)71-52)57(11)50(64)39-18-20-40(67-12)21-19-39/h16-21,33-38,41-43,45-49,52,60-63,66H,15,22-32H2,1-14H3/b17-16+,56-44+/t33-,34-,35+,36+,37-,38+,41+,42-,43+,45-,46+,47-,48+,49-,52+,53-,54+,55-/m1/s1. The average Bonchev–Trinajstić information content (AvgIpc) is 3.39. The maximum atomic E-state index is 14.7. The van der Waals surface area contributed by atoms with E-state index in [-0.39, 0.29) is 44.8 Å². The summed E-state index contributed by atoms with van der Waals surface area (Å²) in [6.07, 6.45) is -6.29. The smallest absolute Gasteiger partial charge is 0.311 e. The third kappa shape index (κ3) is 15.1. The van der Waals surface area contributed by atoms with E-state index in [0.717, 1.165) is 26.2 Å². The number of nitrogens with zero attached hydrogens (tertiary/aromatic N) is 4. The summed E-state index contributed by atoms with van der Waals surface area (Å²) in [5, 5.41) is 62.0. The molecule has 0 unspecified atom stereocenters. The molecule has 1 amide bonds. The lowest BCUT2D eigenvalue weighted by Crippen LogP contribution is -2.62. The molecule has 4 aliphatic heterocycles. The van der Waals surface area contributed by atoms with Crippen LogP contribution in [0, 0.1) is 23.7 Å². The highest BCUT2D eigenvalue weighted by molar-refractivity contribution is 5.94. The Morgan fingerprint density at radius 1 is 0.867 bits per heavy atom. The predicted octanol–water partition coefficient (Wildman–Crippen LogP) is 3.63. The summed E-state index contributed by atoms with van der Waals surface area (Å²) in [5.74, 6) is -3.77. The first-order valence-electron chi connectivity index (χ1n) is 26.9. The van der Waals surface area contributed by atoms with E-state index in [1.807, 2.05) is 39.8 Å². The van der Waals surface area contributed by atoms with E-state index in [9.17, 15) is 35.1 Å². The molecule has 20 heteroatoms. The first kappa shape index (κ1) is 62.5. The molecule has 0 aliphatic carbocycles. The van der Waals surface area contributed by atoms with E-state index in [2.05, 4.69) is 15.0 Å². The van der Waals surface area contributed by atoms with Crippen LogP contribution in [0.15, 0.2) is 41.6 Å². The Labute approximate surface area is 445 Å². The zero-order chi connectivity index (χ0) is 55.6. The van der Waals surface area contributed by atoms with Crippen LogP contribution in [0.3, 0.4) is 0 Å². The fraction of sp³-hybridized carbons (Fsp3) is 0.800. The molecular weight excluding hydrogens is 973 g/mol. The molecule has 4 heterocycles. The molecule has 428 valence electrons. The number of benzene rings is 1. The van der Waals surface area contributed by atoms with Crippen molar-refractivity contribution in [2.45, 2.75) is 179 Å². The van der Waals surface area contributed by atoms with Gasteiger partial charge in [-0.05, 0) is 91.1 Å². The first-order chi connectivity index (χ1) is 35.4. The lowest BCUT2D eigenvalue weighted by Gasteiger charge is -2.50. The van der Waals surface area contributed by atoms with Gasteiger partial charge in [0, 0.05) is 90.3 Å². The van der Waals surface area contributed by atoms with Crippen LogP contribution in [0.4, 0.5) is 0 Å². The highest BCUT2D eigenvalue weighted by Gasteiger charge is 2.54. The molecule has 0 aromatic heterocycles. The van der Waals surface area contributed by atoms with E-state index in [1.54, 1.807) is 73.0 Å². The molecule has 1 aromatic rings. The number of carbonyl (C=O) groups is 2. The SMILES string of the molecule is CC[C@H]1OC(=O)[C@H](C)[C@@H](O[C@H]2C[C@@](C)(OC)[C@@H](O)[C@H](C)O2)[C@H](C)[C@@H](O[C@@H]2O[C@H](C)C[C@H](N(C)C(=O)c3ccc(OC)cc3)[C@H]2O)[C@@](C)(OC)C[C@@H](C)/C(=N\OC/C=C/CN2CCN(CCO)CC2)[C@H](C)[C@@H](O)[C@]1(C)O. The highest BCUT2D eigenvalue weighted by Crippen LogP contribution is 2.42. The molecule has 0 spiro atoms. The van der Waals surface area contributed by atoms with Gasteiger partial charge in [-0.25, -0.2) is 0 Å². The number of hydrogen-bond donors (Lipinski definition) is 5. The minimum absolute atomic E-state index is 0.0795. The molecule has 5 N–H and O–H groups in total. The average molecular weight is 1070 g/mol. The van der Waals surface area contributed by atoms with Gasteiger partial charge in [-0.1, -0.05) is 38.9 Å². The van der Waals surface area contributed by atoms with Crippen molar-refractivity contribution >= 4 is 17.6 Å². The van der Waals surface area contributed by atoms with E-state index >= 15 is 0 Å². The van der Waals surface area contributed by atoms with Crippen molar-refractivity contribution in [3.05, 3.63) is 42.0 Å². The Morgan fingerprint density at radius 3 is 2.11 bits per heavy atom. The number of likely N-dealkylation sites (N-methyl/N-ethyl adjacent to an activating group) is 1. The molecule has 4 aliphatic rings. The summed E-state index contributed by atoms with van der Waals surface area (Å²) in [6.45, 7) is 22.6. The molecule has 18 atom stereocenters. The van der Waals surface area contributed by atoms with Crippen LogP contribution < -0.4 is 4.74 Å². The topological polar surface area (TPSA) is 240 Å². The van der Waals surface area contributed by atoms with Crippen LogP contribution in [0.5, 0.6) is 5.75 Å². The number of ether oxygens (including phenoxy) is 8. The van der Waals surface area contributed by atoms with E-state index in [4.69, 9.17) is 42.7 Å². The number of piperazine rings is 1. The van der Waals surface area contributed by atoms with E-state index in [0.29, 0.717) is 30.1 Å². The summed E-state index contributed by atoms with van der Waals surface area (Å²) in [5.41, 5.74) is -3.61. The van der Waals surface area contributed by atoms with Crippen molar-refractivity contribution in [2.24, 2.45) is 28.8 Å². The molecule has 1 aromatic carbocycles. The number of carbonyl (C=O) groups excluding carboxylic acids is 2. The molecule has 0 radical (unpaired) electrons. The molecule has 20 nitrogen and oxygen atoms in total. The Kier molecular flexibility index (Phi) is 22.9. The zero-order valence-electron chi connectivity index (χ0n) is 47.1. The predicted molar refractivity (Wildman–Crippen MR) is 280 cm³/mol. The Hall–Kier alpha value is -3.35. The van der Waals surface area contributed by atoms with Gasteiger partial charge in [-0.15, -0.1) is 0 Å². The third-order valence-corrected chi connectivity index (χ3v) is 16.5. The molecule has 4 fully saturated rings. The Bertz CT molecular complexity index is 2010. The van der Waals surface area contributed by atoms with Gasteiger partial charge in [0.25, 0.3) is 5.91 Å². The lowest BCUT2D eigenvalue weighted by atomic mass is 9.73. The van der Waals surface area contributed by atoms with Gasteiger partial charge in [-0.3, -0.25) is 19.4 Å². The van der Waals surface area contributed by atoms with Gasteiger partial charge in [0.05, 0.1) is 73.1 Å². The molecule has 75 heavy (non-hydrogen) atoms. The molecule has 0 bridgehead atoms. The molecule has 4 saturated heterocycles. The first-order valence-corrected chi connectivity index (χ1v) is 26.9. The second-order valence-electron chi connectivity index (χ2n) is 22.1. The monoisotopic (exact) mass is 1060 g/mol. The van der Waals surface area contributed by atoms with Crippen molar-refractivity contribution in [1.29, 1.82) is 0 Å². The highest BCUT2D eigenvalue weighted by atomic mass is 16.7. The van der Waals surface area contributed by atoms with Crippen LogP contribution in [0.1, 0.15) is 105 Å². The maximum Gasteiger partial charge on any atom is 0.311 e. The molecular formula is C55H92N4O16. The zero-order valence-corrected chi connectivity index (χ0v) is 47.1. The summed E-state index contributed by atoms with van der Waals surface area (Å²) >= 11 is 0. The quantitative estimate of drug-likeness (QED) is 0.0648. The number of amides is 1. The number of methoxy groups -OCH3 is 3. The maximum absolute atomic E-state index is 14.7. The van der Waals surface area contributed by atoms with Gasteiger partial charge < -0.3 is 73.2 Å². The lowest BCUT2D eigenvalue weighted by molar-refractivity contribution is -0.318. The fourth-order valence-corrected chi connectivity index (χ4v) is 11.5. The molecule has 0 saturated carbocycles. The van der Waals surface area contributed by atoms with Gasteiger partial charge in [0.15, 0.2) is 12.6 Å². The summed E-state index contributed by atoms with van der Waals surface area (Å²) in [4.78, 5) is 40.8. The van der Waals surface area contributed by atoms with Crippen LogP contribution in [0.2, 0.25) is 0 Å². The fourth-order valence-electron chi connectivity index (χ4n) is 11.5. The Balaban J connectivity index is 1.57. The number of cyclic esters (lactones) is 1. The summed E-state index contributed by atoms with van der Waals surface area (Å²) in [6, 6.07) is 5.95. The second kappa shape index (κ2) is 27.5. The normalized spacial score (nSPS) is 39.7. The minimum atomic E-state index is -1.98. The van der Waals surface area contributed by atoms with Crippen molar-refractivity contribution in [2.75, 3.05) is 80.9 Å². The van der Waals surface area contributed by atoms with Gasteiger partial charge in [-0.2, -0.15) is 0 Å². The third-order valence-electron chi connectivity index (χ3n) is 16.5. The molecule has 5 rings (SSSR count). The van der Waals surface area contributed by atoms with Crippen molar-refractivity contribution in [3.63, 3.8) is 0 Å². The van der Waals surface area contributed by atoms with Crippen molar-refractivity contribution in [3.8, 4) is 5.75 Å². The van der Waals surface area contributed by atoms with Crippen LogP contribution >= 0.6 is 0 Å². The number of β-amino-alcohol motifs (C(OH)–C–C–N with tert-alkyl or cyclic N) is 1. The largest absolute Gasteiger partial charge is 0.497 e. The summed E-state index contributed by atoms with van der Waals surface area (Å²) in [7, 11) is 6.21. The second-order valence-corrected chi connectivity index (χ2v) is 22.1. The van der Waals surface area contributed by atoms with Crippen LogP contribution in [0.25, 0.3) is 0 Å². The number of rotatable bonds is 17. The number of aliphatic hydroxyl groups excluding tert-OH is 4. The summed E-state index contributed by atoms with van der Waals surface area (Å²) < 4.78 is 50.7. The van der Waals surface area contributed by atoms with Crippen LogP contribution in [-0.2, 0) is 42.8 Å². The van der Waals surface area contributed by atoms with E-state index in [1.165, 1.54) is 26.0 Å². The van der Waals surface area contributed by atoms with Gasteiger partial charge in [0.2, 0.25) is 0 Å². The number of oxime groups is 1. The van der Waals surface area contributed by atoms with Crippen molar-refractivity contribution in [1.82, 2.24) is 14.7 Å². The number of hydrogen-bond acceptors (Lipinski definition) is 19. The number of esters is 1. The van der Waals surface area contributed by atoms with Gasteiger partial charge >= 0.3 is 5.97 Å². The minimum Gasteiger partial charge on any atom is -0.497 e. The van der Waals surface area contributed by atoms with Crippen LogP contribution in [-0.4, -0.2) is 223 Å². The van der Waals surface area contributed by atoms with Crippen molar-refractivity contribution < 1.29 is 77.9 Å². The Morgan fingerprint density at radius 2 is 1.51 bits per heavy atom.